The van der Waals surface area contributed by atoms with Gasteiger partial charge in [-0.1, -0.05) is 35.4 Å². The van der Waals surface area contributed by atoms with Crippen LogP contribution in [0.2, 0.25) is 0 Å². The standard InChI is InChI=1S/C26H33N5O2/c1-5-30(6-2)25(32)20-8-7-11-31(16-20)26(33)27-24-22-10-9-19(15-23(22)28-29-24)21-13-17(3)12-18(4)14-21/h9-10,12-15,20H,5-8,11,16H2,1-4H3,(H2,27,28,29,33). The number of hydrogen-bond acceptors (Lipinski definition) is 3. The maximum Gasteiger partial charge on any atom is 0.323 e. The zero-order chi connectivity index (χ0) is 23.5. The Morgan fingerprint density at radius 2 is 1.82 bits per heavy atom. The second kappa shape index (κ2) is 9.65. The van der Waals surface area contributed by atoms with E-state index in [9.17, 15) is 9.59 Å². The van der Waals surface area contributed by atoms with Crippen LogP contribution in [-0.2, 0) is 4.79 Å². The quantitative estimate of drug-likeness (QED) is 0.580. The molecule has 2 N–H and O–H groups in total. The molecule has 1 atom stereocenters. The number of hydrogen-bond donors (Lipinski definition) is 2. The van der Waals surface area contributed by atoms with Gasteiger partial charge in [0.15, 0.2) is 5.82 Å². The summed E-state index contributed by atoms with van der Waals surface area (Å²) in [6, 6.07) is 12.4. The van der Waals surface area contributed by atoms with Crippen LogP contribution in [0.3, 0.4) is 0 Å². The second-order valence-electron chi connectivity index (χ2n) is 8.93. The molecule has 1 aliphatic heterocycles. The smallest absolute Gasteiger partial charge is 0.323 e. The van der Waals surface area contributed by atoms with Gasteiger partial charge in [0.1, 0.15) is 0 Å². The Kier molecular flexibility index (Phi) is 6.67. The lowest BCUT2D eigenvalue weighted by molar-refractivity contribution is -0.136. The van der Waals surface area contributed by atoms with Gasteiger partial charge < -0.3 is 9.80 Å². The van der Waals surface area contributed by atoms with Crippen LogP contribution in [0.25, 0.3) is 22.0 Å². The average molecular weight is 448 g/mol. The number of anilines is 1. The van der Waals surface area contributed by atoms with Gasteiger partial charge in [-0.25, -0.2) is 4.79 Å². The maximum atomic E-state index is 13.0. The van der Waals surface area contributed by atoms with Crippen molar-refractivity contribution < 1.29 is 9.59 Å². The number of aromatic amines is 1. The summed E-state index contributed by atoms with van der Waals surface area (Å²) in [5.74, 6) is 0.515. The molecule has 4 rings (SSSR count). The highest BCUT2D eigenvalue weighted by atomic mass is 16.2. The summed E-state index contributed by atoms with van der Waals surface area (Å²) in [5.41, 5.74) is 5.58. The molecular formula is C26H33N5O2. The largest absolute Gasteiger partial charge is 0.343 e. The maximum absolute atomic E-state index is 13.0. The number of rotatable bonds is 5. The van der Waals surface area contributed by atoms with Gasteiger partial charge in [-0.15, -0.1) is 0 Å². The molecule has 2 heterocycles. The van der Waals surface area contributed by atoms with Gasteiger partial charge in [-0.05, 0) is 63.8 Å². The number of benzene rings is 2. The zero-order valence-corrected chi connectivity index (χ0v) is 19.9. The van der Waals surface area contributed by atoms with E-state index in [-0.39, 0.29) is 17.9 Å². The predicted octanol–water partition coefficient (Wildman–Crippen LogP) is 4.96. The first-order chi connectivity index (χ1) is 15.9. The lowest BCUT2D eigenvalue weighted by Crippen LogP contribution is -2.48. The van der Waals surface area contributed by atoms with Crippen LogP contribution < -0.4 is 5.32 Å². The van der Waals surface area contributed by atoms with Crippen molar-refractivity contribution in [2.75, 3.05) is 31.5 Å². The van der Waals surface area contributed by atoms with E-state index in [0.29, 0.717) is 32.0 Å². The van der Waals surface area contributed by atoms with E-state index in [1.54, 1.807) is 4.90 Å². The first kappa shape index (κ1) is 22.8. The van der Waals surface area contributed by atoms with E-state index in [1.165, 1.54) is 11.1 Å². The zero-order valence-electron chi connectivity index (χ0n) is 19.9. The minimum atomic E-state index is -0.209. The molecule has 174 valence electrons. The summed E-state index contributed by atoms with van der Waals surface area (Å²) in [6.45, 7) is 10.7. The Morgan fingerprint density at radius 1 is 1.09 bits per heavy atom. The Hall–Kier alpha value is -3.35. The Labute approximate surface area is 195 Å². The van der Waals surface area contributed by atoms with Crippen LogP contribution in [0, 0.1) is 19.8 Å². The third-order valence-corrected chi connectivity index (χ3v) is 6.48. The van der Waals surface area contributed by atoms with Crippen LogP contribution in [-0.4, -0.2) is 58.1 Å². The lowest BCUT2D eigenvalue weighted by Gasteiger charge is -2.34. The van der Waals surface area contributed by atoms with E-state index >= 15 is 0 Å². The van der Waals surface area contributed by atoms with Crippen LogP contribution in [0.1, 0.15) is 37.8 Å². The summed E-state index contributed by atoms with van der Waals surface area (Å²) in [6.07, 6.45) is 1.65. The molecule has 7 nitrogen and oxygen atoms in total. The molecule has 0 radical (unpaired) electrons. The van der Waals surface area contributed by atoms with Crippen molar-refractivity contribution in [3.63, 3.8) is 0 Å². The third kappa shape index (κ3) is 4.87. The number of piperidine rings is 1. The molecule has 0 saturated carbocycles. The molecule has 1 unspecified atom stereocenters. The van der Waals surface area contributed by atoms with E-state index in [2.05, 4.69) is 59.7 Å². The minimum Gasteiger partial charge on any atom is -0.343 e. The first-order valence-corrected chi connectivity index (χ1v) is 11.8. The van der Waals surface area contributed by atoms with E-state index in [1.807, 2.05) is 24.8 Å². The average Bonchev–Trinajstić information content (AvgIpc) is 3.21. The van der Waals surface area contributed by atoms with Gasteiger partial charge in [0.2, 0.25) is 5.91 Å². The summed E-state index contributed by atoms with van der Waals surface area (Å²) in [4.78, 5) is 29.3. The number of fused-ring (bicyclic) bond motifs is 1. The van der Waals surface area contributed by atoms with Crippen LogP contribution in [0.15, 0.2) is 36.4 Å². The van der Waals surface area contributed by atoms with Gasteiger partial charge in [-0.3, -0.25) is 15.2 Å². The summed E-state index contributed by atoms with van der Waals surface area (Å²) in [5, 5.41) is 11.2. The van der Waals surface area contributed by atoms with Crippen LogP contribution in [0.4, 0.5) is 10.6 Å². The van der Waals surface area contributed by atoms with Crippen molar-refractivity contribution in [3.05, 3.63) is 47.5 Å². The normalized spacial score (nSPS) is 16.1. The molecule has 0 aliphatic carbocycles. The molecule has 33 heavy (non-hydrogen) atoms. The molecule has 0 bridgehead atoms. The summed E-state index contributed by atoms with van der Waals surface area (Å²) < 4.78 is 0. The summed E-state index contributed by atoms with van der Waals surface area (Å²) >= 11 is 0. The van der Waals surface area contributed by atoms with Gasteiger partial charge in [0.25, 0.3) is 0 Å². The number of aryl methyl sites for hydroxylation is 2. The molecule has 1 saturated heterocycles. The molecule has 1 fully saturated rings. The van der Waals surface area contributed by atoms with Crippen molar-refractivity contribution >= 4 is 28.7 Å². The van der Waals surface area contributed by atoms with Crippen molar-refractivity contribution in [2.24, 2.45) is 5.92 Å². The first-order valence-electron chi connectivity index (χ1n) is 11.8. The number of nitrogens with zero attached hydrogens (tertiary/aromatic N) is 3. The highest BCUT2D eigenvalue weighted by Gasteiger charge is 2.30. The fraction of sp³-hybridized carbons (Fsp3) is 0.423. The number of urea groups is 1. The fourth-order valence-electron chi connectivity index (χ4n) is 4.77. The number of nitrogens with one attached hydrogen (secondary N) is 2. The minimum absolute atomic E-state index is 0.138. The SMILES string of the molecule is CCN(CC)C(=O)C1CCCN(C(=O)Nc2n[nH]c3cc(-c4cc(C)cc(C)c4)ccc23)C1. The molecule has 2 aromatic carbocycles. The summed E-state index contributed by atoms with van der Waals surface area (Å²) in [7, 11) is 0. The Morgan fingerprint density at radius 3 is 2.52 bits per heavy atom. The van der Waals surface area contributed by atoms with Crippen molar-refractivity contribution in [3.8, 4) is 11.1 Å². The number of likely N-dealkylation sites (tertiary alicyclic amines) is 1. The number of carbonyl (C=O) groups excluding carboxylic acids is 2. The third-order valence-electron chi connectivity index (χ3n) is 6.48. The van der Waals surface area contributed by atoms with Gasteiger partial charge >= 0.3 is 6.03 Å². The monoisotopic (exact) mass is 447 g/mol. The van der Waals surface area contributed by atoms with E-state index in [0.717, 1.165) is 34.9 Å². The second-order valence-corrected chi connectivity index (χ2v) is 8.93. The molecule has 3 aromatic rings. The predicted molar refractivity (Wildman–Crippen MR) is 132 cm³/mol. The van der Waals surface area contributed by atoms with E-state index in [4.69, 9.17) is 0 Å². The molecule has 7 heteroatoms. The van der Waals surface area contributed by atoms with Gasteiger partial charge in [0.05, 0.1) is 11.4 Å². The van der Waals surface area contributed by atoms with Gasteiger partial charge in [-0.2, -0.15) is 5.10 Å². The fourth-order valence-corrected chi connectivity index (χ4v) is 4.77. The number of H-pyrrole nitrogens is 1. The highest BCUT2D eigenvalue weighted by molar-refractivity contribution is 6.00. The van der Waals surface area contributed by atoms with E-state index < -0.39 is 0 Å². The Bertz CT molecular complexity index is 1140. The number of carbonyl (C=O) groups is 2. The molecule has 3 amide bonds. The lowest BCUT2D eigenvalue weighted by atomic mass is 9.96. The molecular weight excluding hydrogens is 414 g/mol. The van der Waals surface area contributed by atoms with Crippen molar-refractivity contribution in [1.82, 2.24) is 20.0 Å². The van der Waals surface area contributed by atoms with Crippen LogP contribution in [0.5, 0.6) is 0 Å². The molecule has 0 spiro atoms. The van der Waals surface area contributed by atoms with Crippen molar-refractivity contribution in [1.29, 1.82) is 0 Å². The molecule has 1 aliphatic rings. The molecule has 1 aromatic heterocycles. The number of amides is 3. The van der Waals surface area contributed by atoms with Crippen LogP contribution >= 0.6 is 0 Å². The number of aromatic nitrogens is 2. The topological polar surface area (TPSA) is 81.3 Å². The highest BCUT2D eigenvalue weighted by Crippen LogP contribution is 2.29. The Balaban J connectivity index is 1.48. The van der Waals surface area contributed by atoms with Gasteiger partial charge in [0, 0.05) is 31.6 Å². The van der Waals surface area contributed by atoms with Crippen molar-refractivity contribution in [2.45, 2.75) is 40.5 Å².